The van der Waals surface area contributed by atoms with E-state index in [4.69, 9.17) is 0 Å². The summed E-state index contributed by atoms with van der Waals surface area (Å²) in [5.74, 6) is 1.34. The summed E-state index contributed by atoms with van der Waals surface area (Å²) < 4.78 is 0. The molecule has 0 aromatic heterocycles. The Hall–Kier alpha value is -1.75. The van der Waals surface area contributed by atoms with Gasteiger partial charge in [-0.3, -0.25) is 0 Å². The monoisotopic (exact) mass is 343 g/mol. The van der Waals surface area contributed by atoms with E-state index in [1.165, 1.54) is 31.4 Å². The molecule has 0 spiro atoms. The summed E-state index contributed by atoms with van der Waals surface area (Å²) in [7, 11) is 0. The molecule has 4 unspecified atom stereocenters. The number of hydrogen-bond donors (Lipinski definition) is 3. The molecule has 2 bridgehead atoms. The Morgan fingerprint density at radius 1 is 1.24 bits per heavy atom. The van der Waals surface area contributed by atoms with Crippen molar-refractivity contribution in [2.45, 2.75) is 45.1 Å². The van der Waals surface area contributed by atoms with Gasteiger partial charge in [-0.1, -0.05) is 0 Å². The average molecular weight is 343 g/mol. The van der Waals surface area contributed by atoms with E-state index in [0.717, 1.165) is 30.8 Å². The van der Waals surface area contributed by atoms with Gasteiger partial charge in [-0.15, -0.1) is 0 Å². The molecular formula is C20H29N3O2. The number of urea groups is 1. The number of anilines is 2. The molecule has 4 atom stereocenters. The first-order valence-corrected chi connectivity index (χ1v) is 9.69. The molecule has 4 rings (SSSR count). The van der Waals surface area contributed by atoms with Crippen LogP contribution in [0, 0.1) is 24.7 Å². The van der Waals surface area contributed by atoms with E-state index in [2.05, 4.69) is 27.7 Å². The van der Waals surface area contributed by atoms with Crippen LogP contribution in [0.5, 0.6) is 0 Å². The van der Waals surface area contributed by atoms with Gasteiger partial charge in [0.15, 0.2) is 0 Å². The minimum Gasteiger partial charge on any atom is -0.396 e. The molecule has 3 aliphatic rings. The van der Waals surface area contributed by atoms with Crippen LogP contribution in [-0.4, -0.2) is 36.9 Å². The molecule has 3 N–H and O–H groups in total. The molecule has 1 saturated heterocycles. The smallest absolute Gasteiger partial charge is 0.319 e. The third-order valence-electron chi connectivity index (χ3n) is 6.53. The number of benzene rings is 1. The van der Waals surface area contributed by atoms with Crippen LogP contribution in [0.1, 0.15) is 37.7 Å². The number of nitrogens with zero attached hydrogens (tertiary/aromatic N) is 1. The van der Waals surface area contributed by atoms with Gasteiger partial charge in [-0.05, 0) is 74.6 Å². The van der Waals surface area contributed by atoms with Crippen molar-refractivity contribution in [3.8, 4) is 0 Å². The standard InChI is InChI=1S/C20H29N3O2/c1-13-10-16(23-8-2-3-9-23)6-7-18(13)21-20(25)22-19-15-5-4-14(11-15)17(19)12-24/h6-7,10,14-15,17,19,24H,2-5,8-9,11-12H2,1H3,(H2,21,22,25). The molecule has 136 valence electrons. The first-order chi connectivity index (χ1) is 12.2. The number of hydrogen-bond acceptors (Lipinski definition) is 3. The molecule has 1 aliphatic heterocycles. The number of aryl methyl sites for hydroxylation is 1. The molecule has 5 nitrogen and oxygen atoms in total. The third-order valence-corrected chi connectivity index (χ3v) is 6.53. The first-order valence-electron chi connectivity index (χ1n) is 9.69. The number of aliphatic hydroxyl groups is 1. The lowest BCUT2D eigenvalue weighted by molar-refractivity contribution is 0.146. The second-order valence-corrected chi connectivity index (χ2v) is 8.00. The van der Waals surface area contributed by atoms with Crippen LogP contribution < -0.4 is 15.5 Å². The summed E-state index contributed by atoms with van der Waals surface area (Å²) >= 11 is 0. The van der Waals surface area contributed by atoms with Gasteiger partial charge in [0.05, 0.1) is 0 Å². The zero-order chi connectivity index (χ0) is 17.4. The second-order valence-electron chi connectivity index (χ2n) is 8.00. The van der Waals surface area contributed by atoms with Crippen molar-refractivity contribution >= 4 is 17.4 Å². The zero-order valence-corrected chi connectivity index (χ0v) is 15.0. The topological polar surface area (TPSA) is 64.6 Å². The molecule has 2 amide bonds. The van der Waals surface area contributed by atoms with Crippen molar-refractivity contribution in [2.24, 2.45) is 17.8 Å². The lowest BCUT2D eigenvalue weighted by atomic mass is 9.85. The highest BCUT2D eigenvalue weighted by molar-refractivity contribution is 5.90. The molecule has 1 aromatic carbocycles. The van der Waals surface area contributed by atoms with Gasteiger partial charge < -0.3 is 20.6 Å². The molecule has 5 heteroatoms. The van der Waals surface area contributed by atoms with Gasteiger partial charge in [0.2, 0.25) is 0 Å². The summed E-state index contributed by atoms with van der Waals surface area (Å²) in [6.45, 7) is 4.47. The number of rotatable bonds is 4. The van der Waals surface area contributed by atoms with E-state index in [1.54, 1.807) is 0 Å². The van der Waals surface area contributed by atoms with Crippen LogP contribution in [0.3, 0.4) is 0 Å². The van der Waals surface area contributed by atoms with Gasteiger partial charge in [-0.25, -0.2) is 4.79 Å². The Kier molecular flexibility index (Phi) is 4.59. The largest absolute Gasteiger partial charge is 0.396 e. The number of fused-ring (bicyclic) bond motifs is 2. The number of nitrogens with one attached hydrogen (secondary N) is 2. The van der Waals surface area contributed by atoms with E-state index in [0.29, 0.717) is 11.8 Å². The first kappa shape index (κ1) is 16.7. The van der Waals surface area contributed by atoms with E-state index in [1.807, 2.05) is 13.0 Å². The summed E-state index contributed by atoms with van der Waals surface area (Å²) in [5.41, 5.74) is 3.20. The van der Waals surface area contributed by atoms with E-state index >= 15 is 0 Å². The summed E-state index contributed by atoms with van der Waals surface area (Å²) in [5, 5.41) is 15.8. The predicted octanol–water partition coefficient (Wildman–Crippen LogP) is 3.12. The van der Waals surface area contributed by atoms with E-state index < -0.39 is 0 Å². The molecule has 3 fully saturated rings. The fraction of sp³-hybridized carbons (Fsp3) is 0.650. The molecule has 25 heavy (non-hydrogen) atoms. The van der Waals surface area contributed by atoms with Crippen molar-refractivity contribution in [3.05, 3.63) is 23.8 Å². The predicted molar refractivity (Wildman–Crippen MR) is 100.0 cm³/mol. The van der Waals surface area contributed by atoms with Crippen molar-refractivity contribution in [3.63, 3.8) is 0 Å². The van der Waals surface area contributed by atoms with Gasteiger partial charge in [0.25, 0.3) is 0 Å². The normalized spacial score (nSPS) is 30.7. The van der Waals surface area contributed by atoms with Crippen LogP contribution in [0.2, 0.25) is 0 Å². The average Bonchev–Trinajstić information content (AvgIpc) is 3.33. The van der Waals surface area contributed by atoms with Crippen LogP contribution >= 0.6 is 0 Å². The number of carbonyl (C=O) groups excluding carboxylic acids is 1. The minimum atomic E-state index is -0.145. The summed E-state index contributed by atoms with van der Waals surface area (Å²) in [6, 6.07) is 6.24. The van der Waals surface area contributed by atoms with Crippen LogP contribution in [0.4, 0.5) is 16.2 Å². The number of amides is 2. The molecule has 0 radical (unpaired) electrons. The van der Waals surface area contributed by atoms with Crippen molar-refractivity contribution in [1.82, 2.24) is 5.32 Å². The van der Waals surface area contributed by atoms with E-state index in [-0.39, 0.29) is 24.6 Å². The Labute approximate surface area is 149 Å². The zero-order valence-electron chi connectivity index (χ0n) is 15.0. The third kappa shape index (κ3) is 3.22. The van der Waals surface area contributed by atoms with Crippen LogP contribution in [0.25, 0.3) is 0 Å². The minimum absolute atomic E-state index is 0.118. The summed E-state index contributed by atoms with van der Waals surface area (Å²) in [4.78, 5) is 14.9. The van der Waals surface area contributed by atoms with E-state index in [9.17, 15) is 9.90 Å². The maximum Gasteiger partial charge on any atom is 0.319 e. The van der Waals surface area contributed by atoms with Gasteiger partial charge >= 0.3 is 6.03 Å². The highest BCUT2D eigenvalue weighted by atomic mass is 16.3. The van der Waals surface area contributed by atoms with Crippen molar-refractivity contribution in [1.29, 1.82) is 0 Å². The maximum atomic E-state index is 12.5. The molecule has 1 heterocycles. The SMILES string of the molecule is Cc1cc(N2CCCC2)ccc1NC(=O)NC1C2CCC(C2)C1CO. The maximum absolute atomic E-state index is 12.5. The highest BCUT2D eigenvalue weighted by Crippen LogP contribution is 2.48. The van der Waals surface area contributed by atoms with Gasteiger partial charge in [0, 0.05) is 43.0 Å². The molecular weight excluding hydrogens is 314 g/mol. The summed E-state index contributed by atoms with van der Waals surface area (Å²) in [6.07, 6.45) is 6.05. The number of carbonyl (C=O) groups is 1. The van der Waals surface area contributed by atoms with Gasteiger partial charge in [0.1, 0.15) is 0 Å². The Morgan fingerprint density at radius 3 is 2.72 bits per heavy atom. The molecule has 2 saturated carbocycles. The molecule has 1 aromatic rings. The number of aliphatic hydroxyl groups excluding tert-OH is 1. The lowest BCUT2D eigenvalue weighted by Crippen LogP contribution is -2.46. The van der Waals surface area contributed by atoms with Crippen LogP contribution in [0.15, 0.2) is 18.2 Å². The quantitative estimate of drug-likeness (QED) is 0.787. The fourth-order valence-electron chi connectivity index (χ4n) is 5.17. The van der Waals surface area contributed by atoms with Crippen LogP contribution in [-0.2, 0) is 0 Å². The Balaban J connectivity index is 1.39. The highest BCUT2D eigenvalue weighted by Gasteiger charge is 2.47. The fourth-order valence-corrected chi connectivity index (χ4v) is 5.17. The van der Waals surface area contributed by atoms with Crippen molar-refractivity contribution < 1.29 is 9.90 Å². The second kappa shape index (κ2) is 6.87. The lowest BCUT2D eigenvalue weighted by Gasteiger charge is -2.30. The molecule has 2 aliphatic carbocycles. The van der Waals surface area contributed by atoms with Crippen molar-refractivity contribution in [2.75, 3.05) is 29.9 Å². The Bertz CT molecular complexity index is 642. The van der Waals surface area contributed by atoms with Gasteiger partial charge in [-0.2, -0.15) is 0 Å². The Morgan fingerprint density at radius 2 is 2.00 bits per heavy atom.